The van der Waals surface area contributed by atoms with Crippen LogP contribution in [0.4, 0.5) is 5.95 Å². The molecule has 1 aliphatic carbocycles. The lowest BCUT2D eigenvalue weighted by Gasteiger charge is -2.17. The Balaban J connectivity index is 1.34. The summed E-state index contributed by atoms with van der Waals surface area (Å²) in [5, 5.41) is 12.6. The second kappa shape index (κ2) is 11.0. The molecular weight excluding hydrogens is 430 g/mol. The minimum absolute atomic E-state index is 0.0324. The first-order valence-electron chi connectivity index (χ1n) is 11.8. The topological polar surface area (TPSA) is 93.6 Å². The largest absolute Gasteiger partial charge is 0.492 e. The molecule has 3 aromatic rings. The van der Waals surface area contributed by atoms with Gasteiger partial charge in [0.15, 0.2) is 0 Å². The van der Waals surface area contributed by atoms with Crippen LogP contribution in [0.1, 0.15) is 65.3 Å². The normalized spacial score (nSPS) is 12.8. The van der Waals surface area contributed by atoms with Gasteiger partial charge in [-0.25, -0.2) is 14.8 Å². The van der Waals surface area contributed by atoms with Crippen LogP contribution in [-0.4, -0.2) is 34.2 Å². The van der Waals surface area contributed by atoms with Crippen LogP contribution in [0.2, 0.25) is 0 Å². The predicted molar refractivity (Wildman–Crippen MR) is 131 cm³/mol. The van der Waals surface area contributed by atoms with Crippen molar-refractivity contribution >= 4 is 11.9 Å². The Morgan fingerprint density at radius 3 is 2.50 bits per heavy atom. The fourth-order valence-electron chi connectivity index (χ4n) is 4.02. The van der Waals surface area contributed by atoms with Crippen LogP contribution in [0.25, 0.3) is 0 Å². The van der Waals surface area contributed by atoms with Crippen molar-refractivity contribution < 1.29 is 19.4 Å². The molecule has 178 valence electrons. The second-order valence-corrected chi connectivity index (χ2v) is 8.78. The molecular formula is C27H31N3O4. The first-order chi connectivity index (χ1) is 16.5. The smallest absolute Gasteiger partial charge is 0.339 e. The van der Waals surface area contributed by atoms with E-state index in [1.807, 2.05) is 18.2 Å². The number of nitrogens with one attached hydrogen (secondary N) is 1. The number of rotatable bonds is 10. The summed E-state index contributed by atoms with van der Waals surface area (Å²) in [4.78, 5) is 20.2. The maximum Gasteiger partial charge on any atom is 0.339 e. The first kappa shape index (κ1) is 23.5. The van der Waals surface area contributed by atoms with Crippen molar-refractivity contribution in [1.82, 2.24) is 9.97 Å². The molecule has 0 amide bonds. The zero-order valence-electron chi connectivity index (χ0n) is 19.7. The van der Waals surface area contributed by atoms with Gasteiger partial charge in [-0.15, -0.1) is 0 Å². The van der Waals surface area contributed by atoms with Crippen molar-refractivity contribution in [1.29, 1.82) is 0 Å². The van der Waals surface area contributed by atoms with E-state index in [0.717, 1.165) is 24.3 Å². The highest BCUT2D eigenvalue weighted by molar-refractivity contribution is 5.88. The molecule has 0 radical (unpaired) electrons. The van der Waals surface area contributed by atoms with E-state index in [-0.39, 0.29) is 12.2 Å². The van der Waals surface area contributed by atoms with Gasteiger partial charge in [-0.3, -0.25) is 0 Å². The number of carbonyl (C=O) groups is 1. The fourth-order valence-corrected chi connectivity index (χ4v) is 4.02. The number of hydrogen-bond acceptors (Lipinski definition) is 6. The number of anilines is 1. The number of aryl methyl sites for hydroxylation is 2. The van der Waals surface area contributed by atoms with E-state index in [0.29, 0.717) is 30.7 Å². The molecule has 0 unspecified atom stereocenters. The molecule has 2 aromatic carbocycles. The van der Waals surface area contributed by atoms with Gasteiger partial charge >= 0.3 is 5.97 Å². The molecule has 1 heterocycles. The van der Waals surface area contributed by atoms with E-state index < -0.39 is 5.97 Å². The summed E-state index contributed by atoms with van der Waals surface area (Å²) in [6.45, 7) is 5.26. The molecule has 1 aliphatic rings. The number of aromatic carboxylic acids is 1. The molecule has 7 nitrogen and oxygen atoms in total. The van der Waals surface area contributed by atoms with E-state index in [1.165, 1.54) is 35.7 Å². The summed E-state index contributed by atoms with van der Waals surface area (Å²) in [7, 11) is 0. The molecule has 7 heteroatoms. The lowest BCUT2D eigenvalue weighted by Crippen LogP contribution is -2.16. The van der Waals surface area contributed by atoms with Crippen molar-refractivity contribution in [3.05, 3.63) is 76.6 Å². The maximum absolute atomic E-state index is 11.6. The van der Waals surface area contributed by atoms with Crippen molar-refractivity contribution in [3.63, 3.8) is 0 Å². The quantitative estimate of drug-likeness (QED) is 0.398. The highest BCUT2D eigenvalue weighted by Gasteiger charge is 2.15. The predicted octanol–water partition coefficient (Wildman–Crippen LogP) is 5.25. The molecule has 34 heavy (non-hydrogen) atoms. The summed E-state index contributed by atoms with van der Waals surface area (Å²) in [5.41, 5.74) is 4.31. The second-order valence-electron chi connectivity index (χ2n) is 8.78. The summed E-state index contributed by atoms with van der Waals surface area (Å²) in [5.74, 6) is 1.26. The molecule has 4 rings (SSSR count). The van der Waals surface area contributed by atoms with Gasteiger partial charge in [0, 0.05) is 6.20 Å². The van der Waals surface area contributed by atoms with Crippen LogP contribution in [0.3, 0.4) is 0 Å². The van der Waals surface area contributed by atoms with Crippen LogP contribution in [0.15, 0.2) is 48.7 Å². The Labute approximate surface area is 200 Å². The van der Waals surface area contributed by atoms with E-state index in [4.69, 9.17) is 9.47 Å². The molecule has 1 aromatic heterocycles. The van der Waals surface area contributed by atoms with Crippen LogP contribution in [0.5, 0.6) is 11.5 Å². The number of aromatic nitrogens is 2. The molecule has 0 saturated carbocycles. The lowest BCUT2D eigenvalue weighted by atomic mass is 9.92. The van der Waals surface area contributed by atoms with Crippen molar-refractivity contribution in [2.75, 3.05) is 18.5 Å². The van der Waals surface area contributed by atoms with Gasteiger partial charge < -0.3 is 19.9 Å². The number of carboxylic acids is 1. The van der Waals surface area contributed by atoms with Gasteiger partial charge in [0.1, 0.15) is 30.3 Å². The Morgan fingerprint density at radius 2 is 1.76 bits per heavy atom. The zero-order valence-corrected chi connectivity index (χ0v) is 19.7. The highest BCUT2D eigenvalue weighted by Crippen LogP contribution is 2.26. The number of benzene rings is 2. The van der Waals surface area contributed by atoms with Gasteiger partial charge in [-0.05, 0) is 72.6 Å². The van der Waals surface area contributed by atoms with E-state index >= 15 is 0 Å². The molecule has 0 saturated heterocycles. The molecule has 2 N–H and O–H groups in total. The number of hydrogen-bond donors (Lipinski definition) is 2. The Hall–Kier alpha value is -3.61. The van der Waals surface area contributed by atoms with Crippen molar-refractivity contribution in [2.24, 2.45) is 0 Å². The molecule has 0 atom stereocenters. The SMILES string of the molecule is CC(C)c1ccc(OCCNc2ncc(C(=O)O)c(COc3ccc4c(c3)CCCC4)n2)cc1. The minimum atomic E-state index is -1.08. The number of fused-ring (bicyclic) bond motifs is 1. The van der Waals surface area contributed by atoms with Gasteiger partial charge in [-0.1, -0.05) is 32.0 Å². The molecule has 0 aliphatic heterocycles. The summed E-state index contributed by atoms with van der Waals surface area (Å²) in [6, 6.07) is 14.2. The van der Waals surface area contributed by atoms with E-state index in [9.17, 15) is 9.90 Å². The van der Waals surface area contributed by atoms with Gasteiger partial charge in [0.2, 0.25) is 5.95 Å². The molecule has 0 fully saturated rings. The third kappa shape index (κ3) is 6.04. The Kier molecular flexibility index (Phi) is 7.62. The molecule has 0 bridgehead atoms. The summed E-state index contributed by atoms with van der Waals surface area (Å²) >= 11 is 0. The Morgan fingerprint density at radius 1 is 1.03 bits per heavy atom. The maximum atomic E-state index is 11.6. The van der Waals surface area contributed by atoms with E-state index in [1.54, 1.807) is 0 Å². The fraction of sp³-hybridized carbons (Fsp3) is 0.370. The van der Waals surface area contributed by atoms with Crippen LogP contribution < -0.4 is 14.8 Å². The number of ether oxygens (including phenoxy) is 2. The minimum Gasteiger partial charge on any atom is -0.492 e. The lowest BCUT2D eigenvalue weighted by molar-refractivity contribution is 0.0692. The van der Waals surface area contributed by atoms with Crippen molar-refractivity contribution in [3.8, 4) is 11.5 Å². The van der Waals surface area contributed by atoms with Gasteiger partial charge in [-0.2, -0.15) is 0 Å². The summed E-state index contributed by atoms with van der Waals surface area (Å²) < 4.78 is 11.7. The standard InChI is InChI=1S/C27H31N3O4/c1-18(2)19-7-10-22(11-8-19)33-14-13-28-27-29-16-24(26(31)32)25(30-27)17-34-23-12-9-20-5-3-4-6-21(20)15-23/h7-12,15-16,18H,3-6,13-14,17H2,1-2H3,(H,31,32)(H,28,29,30). The van der Waals surface area contributed by atoms with Gasteiger partial charge in [0.05, 0.1) is 12.2 Å². The van der Waals surface area contributed by atoms with Crippen LogP contribution in [-0.2, 0) is 19.4 Å². The number of carboxylic acid groups (broad SMARTS) is 1. The average Bonchev–Trinajstić information content (AvgIpc) is 2.85. The highest BCUT2D eigenvalue weighted by atomic mass is 16.5. The first-order valence-corrected chi connectivity index (χ1v) is 11.8. The van der Waals surface area contributed by atoms with Crippen LogP contribution in [0, 0.1) is 0 Å². The van der Waals surface area contributed by atoms with Gasteiger partial charge in [0.25, 0.3) is 0 Å². The summed E-state index contributed by atoms with van der Waals surface area (Å²) in [6.07, 6.45) is 5.88. The Bertz CT molecular complexity index is 1130. The average molecular weight is 462 g/mol. The third-order valence-electron chi connectivity index (χ3n) is 5.99. The van der Waals surface area contributed by atoms with Crippen molar-refractivity contribution in [2.45, 2.75) is 52.1 Å². The van der Waals surface area contributed by atoms with E-state index in [2.05, 4.69) is 53.4 Å². The zero-order chi connectivity index (χ0) is 23.9. The van der Waals surface area contributed by atoms with Crippen LogP contribution >= 0.6 is 0 Å². The molecule has 0 spiro atoms. The number of nitrogens with zero attached hydrogens (tertiary/aromatic N) is 2. The third-order valence-corrected chi connectivity index (χ3v) is 5.99. The monoisotopic (exact) mass is 461 g/mol.